The molecule has 0 radical (unpaired) electrons. The zero-order valence-electron chi connectivity index (χ0n) is 11.3. The van der Waals surface area contributed by atoms with Crippen LogP contribution in [0.4, 0.5) is 5.95 Å². The molecule has 6 nitrogen and oxygen atoms in total. The third-order valence-electron chi connectivity index (χ3n) is 3.08. The van der Waals surface area contributed by atoms with E-state index in [2.05, 4.69) is 20.0 Å². The molecular weight excluding hydrogens is 264 g/mol. The van der Waals surface area contributed by atoms with Crippen LogP contribution in [-0.2, 0) is 10.0 Å². The van der Waals surface area contributed by atoms with Crippen LogP contribution in [0.5, 0.6) is 0 Å². The standard InChI is InChI=1S/C12H20N4O2S/c1-9-6-10(2)15-12(14-9)16-19(17,18)8-11-4-3-5-13-7-11/h6,11,13H,3-5,7-8H2,1-2H3,(H,14,15,16). The van der Waals surface area contributed by atoms with Gasteiger partial charge >= 0.3 is 0 Å². The van der Waals surface area contributed by atoms with Gasteiger partial charge in [-0.1, -0.05) is 0 Å². The number of piperidine rings is 1. The number of rotatable bonds is 4. The van der Waals surface area contributed by atoms with Gasteiger partial charge in [0, 0.05) is 11.4 Å². The summed E-state index contributed by atoms with van der Waals surface area (Å²) in [5.74, 6) is 0.453. The van der Waals surface area contributed by atoms with Crippen LogP contribution in [0.3, 0.4) is 0 Å². The molecule has 1 saturated heterocycles. The van der Waals surface area contributed by atoms with Crippen LogP contribution in [0.2, 0.25) is 0 Å². The topological polar surface area (TPSA) is 84.0 Å². The second-order valence-corrected chi connectivity index (χ2v) is 6.84. The van der Waals surface area contributed by atoms with Crippen molar-refractivity contribution in [1.82, 2.24) is 15.3 Å². The van der Waals surface area contributed by atoms with Crippen molar-refractivity contribution in [2.24, 2.45) is 5.92 Å². The fourth-order valence-corrected chi connectivity index (χ4v) is 3.69. The number of anilines is 1. The van der Waals surface area contributed by atoms with Crippen molar-refractivity contribution in [3.63, 3.8) is 0 Å². The zero-order chi connectivity index (χ0) is 13.9. The number of nitrogens with zero attached hydrogens (tertiary/aromatic N) is 2. The lowest BCUT2D eigenvalue weighted by atomic mass is 10.0. The van der Waals surface area contributed by atoms with E-state index in [0.717, 1.165) is 37.3 Å². The molecule has 1 aromatic rings. The molecule has 1 fully saturated rings. The normalized spacial score (nSPS) is 20.2. The van der Waals surface area contributed by atoms with Crippen molar-refractivity contribution in [3.05, 3.63) is 17.5 Å². The smallest absolute Gasteiger partial charge is 0.236 e. The Morgan fingerprint density at radius 3 is 2.63 bits per heavy atom. The van der Waals surface area contributed by atoms with Gasteiger partial charge < -0.3 is 5.32 Å². The maximum Gasteiger partial charge on any atom is 0.236 e. The average molecular weight is 284 g/mol. The molecule has 1 aromatic heterocycles. The van der Waals surface area contributed by atoms with Gasteiger partial charge in [0.05, 0.1) is 5.75 Å². The lowest BCUT2D eigenvalue weighted by Crippen LogP contribution is -2.35. The first kappa shape index (κ1) is 14.2. The van der Waals surface area contributed by atoms with Crippen molar-refractivity contribution in [2.75, 3.05) is 23.6 Å². The monoisotopic (exact) mass is 284 g/mol. The Morgan fingerprint density at radius 2 is 2.05 bits per heavy atom. The SMILES string of the molecule is Cc1cc(C)nc(NS(=O)(=O)CC2CCCNC2)n1. The van der Waals surface area contributed by atoms with Crippen molar-refractivity contribution in [3.8, 4) is 0 Å². The number of hydrogen-bond donors (Lipinski definition) is 2. The fourth-order valence-electron chi connectivity index (χ4n) is 2.33. The molecule has 2 rings (SSSR count). The van der Waals surface area contributed by atoms with Gasteiger partial charge in [-0.15, -0.1) is 0 Å². The predicted octanol–water partition coefficient (Wildman–Crippen LogP) is 0.835. The Bertz CT molecular complexity index is 518. The van der Waals surface area contributed by atoms with E-state index in [4.69, 9.17) is 0 Å². The fraction of sp³-hybridized carbons (Fsp3) is 0.667. The molecule has 0 saturated carbocycles. The number of sulfonamides is 1. The van der Waals surface area contributed by atoms with E-state index >= 15 is 0 Å². The first-order chi connectivity index (χ1) is 8.94. The molecule has 0 amide bonds. The number of nitrogens with one attached hydrogen (secondary N) is 2. The van der Waals surface area contributed by atoms with E-state index in [1.54, 1.807) is 0 Å². The first-order valence-electron chi connectivity index (χ1n) is 6.48. The third kappa shape index (κ3) is 4.43. The van der Waals surface area contributed by atoms with Crippen LogP contribution in [0.25, 0.3) is 0 Å². The van der Waals surface area contributed by atoms with Crippen LogP contribution in [0.15, 0.2) is 6.07 Å². The van der Waals surface area contributed by atoms with Crippen LogP contribution in [0.1, 0.15) is 24.2 Å². The highest BCUT2D eigenvalue weighted by atomic mass is 32.2. The summed E-state index contributed by atoms with van der Waals surface area (Å²) in [6.45, 7) is 5.37. The summed E-state index contributed by atoms with van der Waals surface area (Å²) in [5.41, 5.74) is 1.51. The lowest BCUT2D eigenvalue weighted by Gasteiger charge is -2.22. The summed E-state index contributed by atoms with van der Waals surface area (Å²) in [7, 11) is -3.38. The van der Waals surface area contributed by atoms with E-state index in [0.29, 0.717) is 0 Å². The Hall–Kier alpha value is -1.21. The molecule has 19 heavy (non-hydrogen) atoms. The van der Waals surface area contributed by atoms with Crippen LogP contribution in [-0.4, -0.2) is 37.2 Å². The minimum atomic E-state index is -3.38. The summed E-state index contributed by atoms with van der Waals surface area (Å²) in [5, 5.41) is 3.22. The van der Waals surface area contributed by atoms with E-state index < -0.39 is 10.0 Å². The average Bonchev–Trinajstić information content (AvgIpc) is 2.27. The first-order valence-corrected chi connectivity index (χ1v) is 8.13. The molecule has 7 heteroatoms. The van der Waals surface area contributed by atoms with Crippen molar-refractivity contribution >= 4 is 16.0 Å². The highest BCUT2D eigenvalue weighted by Gasteiger charge is 2.22. The van der Waals surface area contributed by atoms with Gasteiger partial charge in [-0.25, -0.2) is 18.4 Å². The Morgan fingerprint density at radius 1 is 1.37 bits per heavy atom. The zero-order valence-corrected chi connectivity index (χ0v) is 12.1. The summed E-state index contributed by atoms with van der Waals surface area (Å²) in [4.78, 5) is 8.19. The van der Waals surface area contributed by atoms with Crippen LogP contribution in [0, 0.1) is 19.8 Å². The highest BCUT2D eigenvalue weighted by Crippen LogP contribution is 2.14. The number of aromatic nitrogens is 2. The van der Waals surface area contributed by atoms with Gasteiger partial charge in [-0.3, -0.25) is 4.72 Å². The van der Waals surface area contributed by atoms with E-state index in [-0.39, 0.29) is 17.6 Å². The van der Waals surface area contributed by atoms with E-state index in [9.17, 15) is 8.42 Å². The predicted molar refractivity (Wildman–Crippen MR) is 74.5 cm³/mol. The molecule has 0 aromatic carbocycles. The molecule has 1 atom stereocenters. The Labute approximate surface area is 114 Å². The number of hydrogen-bond acceptors (Lipinski definition) is 5. The summed E-state index contributed by atoms with van der Waals surface area (Å²) < 4.78 is 26.6. The van der Waals surface area contributed by atoms with Gasteiger partial charge in [-0.05, 0) is 51.8 Å². The third-order valence-corrected chi connectivity index (χ3v) is 4.49. The molecular formula is C12H20N4O2S. The largest absolute Gasteiger partial charge is 0.316 e. The van der Waals surface area contributed by atoms with Crippen molar-refractivity contribution in [1.29, 1.82) is 0 Å². The second kappa shape index (κ2) is 5.83. The van der Waals surface area contributed by atoms with Crippen LogP contribution >= 0.6 is 0 Å². The molecule has 1 aliphatic heterocycles. The quantitative estimate of drug-likeness (QED) is 0.855. The molecule has 2 N–H and O–H groups in total. The van der Waals surface area contributed by atoms with E-state index in [1.807, 2.05) is 19.9 Å². The van der Waals surface area contributed by atoms with Gasteiger partial charge in [0.1, 0.15) is 0 Å². The minimum Gasteiger partial charge on any atom is -0.316 e. The summed E-state index contributed by atoms with van der Waals surface area (Å²) in [6.07, 6.45) is 1.97. The summed E-state index contributed by atoms with van der Waals surface area (Å²) in [6, 6.07) is 1.81. The number of aryl methyl sites for hydroxylation is 2. The lowest BCUT2D eigenvalue weighted by molar-refractivity contribution is 0.404. The van der Waals surface area contributed by atoms with E-state index in [1.165, 1.54) is 0 Å². The molecule has 1 unspecified atom stereocenters. The maximum absolute atomic E-state index is 12.1. The summed E-state index contributed by atoms with van der Waals surface area (Å²) >= 11 is 0. The van der Waals surface area contributed by atoms with Crippen molar-refractivity contribution in [2.45, 2.75) is 26.7 Å². The van der Waals surface area contributed by atoms with Gasteiger partial charge in [0.25, 0.3) is 0 Å². The van der Waals surface area contributed by atoms with Crippen molar-refractivity contribution < 1.29 is 8.42 Å². The van der Waals surface area contributed by atoms with Gasteiger partial charge in [0.2, 0.25) is 16.0 Å². The second-order valence-electron chi connectivity index (χ2n) is 5.07. The van der Waals surface area contributed by atoms with Gasteiger partial charge in [-0.2, -0.15) is 0 Å². The highest BCUT2D eigenvalue weighted by molar-refractivity contribution is 7.92. The molecule has 1 aliphatic rings. The Kier molecular flexibility index (Phi) is 4.36. The van der Waals surface area contributed by atoms with Crippen LogP contribution < -0.4 is 10.0 Å². The molecule has 0 bridgehead atoms. The molecule has 0 spiro atoms. The van der Waals surface area contributed by atoms with Gasteiger partial charge in [0.15, 0.2) is 0 Å². The molecule has 2 heterocycles. The maximum atomic E-state index is 12.1. The molecule has 0 aliphatic carbocycles. The molecule has 106 valence electrons. The Balaban J connectivity index is 2.03. The minimum absolute atomic E-state index is 0.121.